The standard InChI is InChI=1S/C13H19F2N5O3/c1-8-12(20(22)23)11(13(14)15)17-19(8)7-10(21)16-9-3-5-18(2)6-4-9/h9,13H,3-7H2,1-2H3,(H,16,21). The second-order valence-corrected chi connectivity index (χ2v) is 5.68. The number of aromatic nitrogens is 2. The Hall–Kier alpha value is -2.10. The highest BCUT2D eigenvalue weighted by atomic mass is 19.3. The second kappa shape index (κ2) is 6.99. The number of hydrogen-bond acceptors (Lipinski definition) is 5. The molecule has 2 rings (SSSR count). The Morgan fingerprint density at radius 2 is 2.09 bits per heavy atom. The van der Waals surface area contributed by atoms with E-state index in [4.69, 9.17) is 0 Å². The largest absolute Gasteiger partial charge is 0.352 e. The summed E-state index contributed by atoms with van der Waals surface area (Å²) in [6.45, 7) is 2.73. The lowest BCUT2D eigenvalue weighted by Crippen LogP contribution is -2.44. The molecule has 0 bridgehead atoms. The van der Waals surface area contributed by atoms with Gasteiger partial charge in [0.2, 0.25) is 11.6 Å². The van der Waals surface area contributed by atoms with Crippen molar-refractivity contribution >= 4 is 11.6 Å². The molecule has 0 atom stereocenters. The van der Waals surface area contributed by atoms with Gasteiger partial charge in [-0.05, 0) is 39.9 Å². The van der Waals surface area contributed by atoms with Gasteiger partial charge in [-0.15, -0.1) is 0 Å². The number of carbonyl (C=O) groups excluding carboxylic acids is 1. The summed E-state index contributed by atoms with van der Waals surface area (Å²) < 4.78 is 26.6. The zero-order valence-corrected chi connectivity index (χ0v) is 13.0. The van der Waals surface area contributed by atoms with Gasteiger partial charge in [0.1, 0.15) is 12.2 Å². The number of rotatable bonds is 5. The van der Waals surface area contributed by atoms with Gasteiger partial charge >= 0.3 is 5.69 Å². The summed E-state index contributed by atoms with van der Waals surface area (Å²) in [6, 6.07) is 0.0270. The fourth-order valence-electron chi connectivity index (χ4n) is 2.65. The summed E-state index contributed by atoms with van der Waals surface area (Å²) >= 11 is 0. The Bertz CT molecular complexity index is 597. The average molecular weight is 331 g/mol. The summed E-state index contributed by atoms with van der Waals surface area (Å²) in [7, 11) is 2.00. The Morgan fingerprint density at radius 3 is 2.57 bits per heavy atom. The lowest BCUT2D eigenvalue weighted by atomic mass is 10.1. The molecule has 1 N–H and O–H groups in total. The topological polar surface area (TPSA) is 93.3 Å². The van der Waals surface area contributed by atoms with Crippen LogP contribution >= 0.6 is 0 Å². The van der Waals surface area contributed by atoms with Gasteiger partial charge in [0.15, 0.2) is 0 Å². The molecule has 1 aliphatic heterocycles. The lowest BCUT2D eigenvalue weighted by molar-refractivity contribution is -0.386. The molecule has 128 valence electrons. The number of nitrogens with one attached hydrogen (secondary N) is 1. The van der Waals surface area contributed by atoms with E-state index >= 15 is 0 Å². The molecule has 0 aromatic carbocycles. The van der Waals surface area contributed by atoms with Crippen molar-refractivity contribution in [2.75, 3.05) is 20.1 Å². The van der Waals surface area contributed by atoms with Crippen LogP contribution in [0.25, 0.3) is 0 Å². The number of likely N-dealkylation sites (tertiary alicyclic amines) is 1. The van der Waals surface area contributed by atoms with Crippen LogP contribution in [0.15, 0.2) is 0 Å². The van der Waals surface area contributed by atoms with E-state index in [1.165, 1.54) is 6.92 Å². The molecule has 10 heteroatoms. The lowest BCUT2D eigenvalue weighted by Gasteiger charge is -2.29. The van der Waals surface area contributed by atoms with Crippen molar-refractivity contribution in [3.05, 3.63) is 21.5 Å². The van der Waals surface area contributed by atoms with Crippen LogP contribution in [0.1, 0.15) is 30.7 Å². The van der Waals surface area contributed by atoms with Crippen LogP contribution in [0.2, 0.25) is 0 Å². The van der Waals surface area contributed by atoms with Crippen LogP contribution < -0.4 is 5.32 Å². The highest BCUT2D eigenvalue weighted by molar-refractivity contribution is 5.76. The molecule has 1 saturated heterocycles. The van der Waals surface area contributed by atoms with Gasteiger partial charge in [-0.1, -0.05) is 0 Å². The number of alkyl halides is 2. The van der Waals surface area contributed by atoms with Gasteiger partial charge in [0.25, 0.3) is 6.43 Å². The molecule has 0 aliphatic carbocycles. The predicted molar refractivity (Wildman–Crippen MR) is 77.2 cm³/mol. The van der Waals surface area contributed by atoms with E-state index in [0.717, 1.165) is 30.6 Å². The van der Waals surface area contributed by atoms with Crippen molar-refractivity contribution in [1.82, 2.24) is 20.0 Å². The van der Waals surface area contributed by atoms with Gasteiger partial charge in [-0.3, -0.25) is 19.6 Å². The minimum Gasteiger partial charge on any atom is -0.352 e. The number of nitrogens with zero attached hydrogens (tertiary/aromatic N) is 4. The maximum Gasteiger partial charge on any atom is 0.319 e. The first kappa shape index (κ1) is 17.3. The quantitative estimate of drug-likeness (QED) is 0.647. The third-order valence-corrected chi connectivity index (χ3v) is 3.97. The van der Waals surface area contributed by atoms with Crippen LogP contribution in [0, 0.1) is 17.0 Å². The van der Waals surface area contributed by atoms with E-state index in [9.17, 15) is 23.7 Å². The maximum atomic E-state index is 12.8. The fourth-order valence-corrected chi connectivity index (χ4v) is 2.65. The Morgan fingerprint density at radius 1 is 1.48 bits per heavy atom. The number of carbonyl (C=O) groups is 1. The minimum atomic E-state index is -3.06. The van der Waals surface area contributed by atoms with E-state index in [-0.39, 0.29) is 24.2 Å². The normalized spacial score (nSPS) is 16.7. The number of amides is 1. The van der Waals surface area contributed by atoms with Gasteiger partial charge < -0.3 is 10.2 Å². The second-order valence-electron chi connectivity index (χ2n) is 5.68. The van der Waals surface area contributed by atoms with Crippen LogP contribution in [0.4, 0.5) is 14.5 Å². The zero-order valence-electron chi connectivity index (χ0n) is 13.0. The molecular weight excluding hydrogens is 312 g/mol. The number of nitro groups is 1. The smallest absolute Gasteiger partial charge is 0.319 e. The monoisotopic (exact) mass is 331 g/mol. The molecule has 0 spiro atoms. The first-order chi connectivity index (χ1) is 10.8. The van der Waals surface area contributed by atoms with Crippen LogP contribution in [0.3, 0.4) is 0 Å². The van der Waals surface area contributed by atoms with E-state index in [2.05, 4.69) is 15.3 Å². The van der Waals surface area contributed by atoms with Crippen molar-refractivity contribution in [1.29, 1.82) is 0 Å². The van der Waals surface area contributed by atoms with Crippen molar-refractivity contribution in [2.24, 2.45) is 0 Å². The molecule has 8 nitrogen and oxygen atoms in total. The molecule has 23 heavy (non-hydrogen) atoms. The molecule has 1 fully saturated rings. The Labute approximate surface area is 131 Å². The predicted octanol–water partition coefficient (Wildman–Crippen LogP) is 1.25. The van der Waals surface area contributed by atoms with Crippen molar-refractivity contribution in [3.8, 4) is 0 Å². The van der Waals surface area contributed by atoms with Crippen molar-refractivity contribution in [3.63, 3.8) is 0 Å². The molecule has 1 aromatic rings. The van der Waals surface area contributed by atoms with Crippen LogP contribution in [-0.2, 0) is 11.3 Å². The van der Waals surface area contributed by atoms with Gasteiger partial charge in [0, 0.05) is 6.04 Å². The highest BCUT2D eigenvalue weighted by Crippen LogP contribution is 2.30. The zero-order chi connectivity index (χ0) is 17.1. The van der Waals surface area contributed by atoms with Gasteiger partial charge in [-0.2, -0.15) is 5.10 Å². The summed E-state index contributed by atoms with van der Waals surface area (Å²) in [5.74, 6) is -0.388. The molecule has 0 radical (unpaired) electrons. The Balaban J connectivity index is 2.06. The number of hydrogen-bond donors (Lipinski definition) is 1. The minimum absolute atomic E-state index is 0.0270. The first-order valence-corrected chi connectivity index (χ1v) is 7.27. The van der Waals surface area contributed by atoms with E-state index < -0.39 is 22.7 Å². The third-order valence-electron chi connectivity index (χ3n) is 3.97. The van der Waals surface area contributed by atoms with Crippen molar-refractivity contribution < 1.29 is 18.5 Å². The third kappa shape index (κ3) is 4.01. The molecule has 1 aliphatic rings. The van der Waals surface area contributed by atoms with Gasteiger partial charge in [-0.25, -0.2) is 8.78 Å². The fraction of sp³-hybridized carbons (Fsp3) is 0.692. The summed E-state index contributed by atoms with van der Waals surface area (Å²) in [5, 5.41) is 17.3. The number of piperidine rings is 1. The van der Waals surface area contributed by atoms with Gasteiger partial charge in [0.05, 0.1) is 4.92 Å². The maximum absolute atomic E-state index is 12.8. The van der Waals surface area contributed by atoms with Crippen LogP contribution in [0.5, 0.6) is 0 Å². The SMILES string of the molecule is Cc1c([N+](=O)[O-])c(C(F)F)nn1CC(=O)NC1CCN(C)CC1. The molecular formula is C13H19F2N5O3. The highest BCUT2D eigenvalue weighted by Gasteiger charge is 2.31. The molecule has 1 aromatic heterocycles. The Kier molecular flexibility index (Phi) is 5.24. The van der Waals surface area contributed by atoms with Crippen LogP contribution in [-0.4, -0.2) is 51.7 Å². The van der Waals surface area contributed by atoms with E-state index in [0.29, 0.717) is 0 Å². The number of halogens is 2. The summed E-state index contributed by atoms with van der Waals surface area (Å²) in [6.07, 6.45) is -1.45. The summed E-state index contributed by atoms with van der Waals surface area (Å²) in [4.78, 5) is 24.2. The average Bonchev–Trinajstić information content (AvgIpc) is 2.79. The molecule has 2 heterocycles. The molecule has 1 amide bonds. The first-order valence-electron chi connectivity index (χ1n) is 7.27. The van der Waals surface area contributed by atoms with E-state index in [1.807, 2.05) is 7.05 Å². The molecule has 0 saturated carbocycles. The summed E-state index contributed by atoms with van der Waals surface area (Å²) in [5.41, 5.74) is -1.68. The van der Waals surface area contributed by atoms with Crippen molar-refractivity contribution in [2.45, 2.75) is 38.8 Å². The van der Waals surface area contributed by atoms with E-state index in [1.54, 1.807) is 0 Å². The molecule has 0 unspecified atom stereocenters.